The molecule has 0 bridgehead atoms. The summed E-state index contributed by atoms with van der Waals surface area (Å²) in [7, 11) is -4.04. The van der Waals surface area contributed by atoms with E-state index in [0.29, 0.717) is 0 Å². The van der Waals surface area contributed by atoms with E-state index in [1.807, 2.05) is 18.2 Å². The molecular weight excluding hydrogens is 519 g/mol. The molecule has 4 rings (SSSR count). The first kappa shape index (κ1) is 26.2. The first-order chi connectivity index (χ1) is 17.3. The van der Waals surface area contributed by atoms with Crippen molar-refractivity contribution in [2.45, 2.75) is 24.3 Å². The number of piperidine rings is 1. The molecule has 0 spiro atoms. The first-order valence-corrected chi connectivity index (χ1v) is 13.7. The van der Waals surface area contributed by atoms with Crippen molar-refractivity contribution in [1.29, 1.82) is 0 Å². The monoisotopic (exact) mass is 544 g/mol. The Morgan fingerprint density at radius 1 is 0.917 bits per heavy atom. The van der Waals surface area contributed by atoms with E-state index in [-0.39, 0.29) is 20.6 Å². The standard InChI is InChI=1S/C26H26Cl2N4O3S/c27-24-12-11-22(17-25(24)28)32(36(34,35)23-9-5-2-6-10-23)19-26(33)30-29-21-13-15-31(16-14-21)18-20-7-3-1-4-8-20/h1-12,17H,13-16,18-19H2,(H,30,33). The SMILES string of the molecule is O=C(CN(c1ccc(Cl)c(Cl)c1)S(=O)(=O)c1ccccc1)NN=C1CCN(Cc2ccccc2)CC1. The molecular formula is C26H26Cl2N4O3S. The summed E-state index contributed by atoms with van der Waals surface area (Å²) in [5.41, 5.74) is 4.89. The van der Waals surface area contributed by atoms with Gasteiger partial charge in [-0.25, -0.2) is 13.8 Å². The summed E-state index contributed by atoms with van der Waals surface area (Å²) in [6, 6.07) is 22.6. The maximum Gasteiger partial charge on any atom is 0.264 e. The number of nitrogens with zero attached hydrogens (tertiary/aromatic N) is 3. The number of amides is 1. The maximum absolute atomic E-state index is 13.4. The lowest BCUT2D eigenvalue weighted by atomic mass is 10.1. The minimum atomic E-state index is -4.04. The second kappa shape index (κ2) is 11.9. The van der Waals surface area contributed by atoms with E-state index in [1.54, 1.807) is 18.2 Å². The van der Waals surface area contributed by atoms with E-state index in [2.05, 4.69) is 27.6 Å². The fourth-order valence-corrected chi connectivity index (χ4v) is 5.63. The lowest BCUT2D eigenvalue weighted by Gasteiger charge is -2.27. The first-order valence-electron chi connectivity index (χ1n) is 11.5. The Morgan fingerprint density at radius 3 is 2.19 bits per heavy atom. The summed E-state index contributed by atoms with van der Waals surface area (Å²) in [5, 5.41) is 4.75. The van der Waals surface area contributed by atoms with Crippen molar-refractivity contribution in [1.82, 2.24) is 10.3 Å². The summed E-state index contributed by atoms with van der Waals surface area (Å²) < 4.78 is 27.8. The number of nitrogens with one attached hydrogen (secondary N) is 1. The van der Waals surface area contributed by atoms with Crippen molar-refractivity contribution < 1.29 is 13.2 Å². The van der Waals surface area contributed by atoms with Gasteiger partial charge in [-0.2, -0.15) is 5.10 Å². The van der Waals surface area contributed by atoms with Gasteiger partial charge in [-0.05, 0) is 35.9 Å². The van der Waals surface area contributed by atoms with Crippen molar-refractivity contribution >= 4 is 50.5 Å². The van der Waals surface area contributed by atoms with Gasteiger partial charge in [0.2, 0.25) is 0 Å². The molecule has 0 unspecified atom stereocenters. The molecule has 1 N–H and O–H groups in total. The van der Waals surface area contributed by atoms with E-state index in [1.165, 1.54) is 35.9 Å². The highest BCUT2D eigenvalue weighted by molar-refractivity contribution is 7.92. The lowest BCUT2D eigenvalue weighted by molar-refractivity contribution is -0.119. The minimum absolute atomic E-state index is 0.0565. The number of likely N-dealkylation sites (tertiary alicyclic amines) is 1. The number of carbonyl (C=O) groups excluding carboxylic acids is 1. The molecule has 1 fully saturated rings. The number of hydrogen-bond donors (Lipinski definition) is 1. The molecule has 1 aliphatic heterocycles. The number of anilines is 1. The Morgan fingerprint density at radius 2 is 1.56 bits per heavy atom. The van der Waals surface area contributed by atoms with Crippen molar-refractivity contribution in [2.24, 2.45) is 5.10 Å². The molecule has 0 aliphatic carbocycles. The molecule has 188 valence electrons. The Labute approximate surface area is 221 Å². The van der Waals surface area contributed by atoms with Crippen LogP contribution in [0.25, 0.3) is 0 Å². The van der Waals surface area contributed by atoms with E-state index >= 15 is 0 Å². The van der Waals surface area contributed by atoms with E-state index < -0.39 is 22.5 Å². The molecule has 7 nitrogen and oxygen atoms in total. The zero-order valence-electron chi connectivity index (χ0n) is 19.5. The van der Waals surface area contributed by atoms with Gasteiger partial charge < -0.3 is 0 Å². The van der Waals surface area contributed by atoms with Gasteiger partial charge in [0.15, 0.2) is 0 Å². The molecule has 10 heteroatoms. The van der Waals surface area contributed by atoms with Gasteiger partial charge in [0, 0.05) is 38.2 Å². The number of hydrogen-bond acceptors (Lipinski definition) is 5. The second-order valence-corrected chi connectivity index (χ2v) is 11.1. The molecule has 1 aliphatic rings. The molecule has 1 saturated heterocycles. The number of carbonyl (C=O) groups is 1. The highest BCUT2D eigenvalue weighted by Crippen LogP contribution is 2.30. The second-order valence-electron chi connectivity index (χ2n) is 8.40. The third-order valence-corrected chi connectivity index (χ3v) is 8.36. The van der Waals surface area contributed by atoms with Crippen LogP contribution in [0, 0.1) is 0 Å². The third-order valence-electron chi connectivity index (χ3n) is 5.83. The van der Waals surface area contributed by atoms with E-state index in [4.69, 9.17) is 23.2 Å². The van der Waals surface area contributed by atoms with Crippen LogP contribution in [0.5, 0.6) is 0 Å². The van der Waals surface area contributed by atoms with Crippen LogP contribution in [-0.2, 0) is 21.4 Å². The topological polar surface area (TPSA) is 82.1 Å². The quantitative estimate of drug-likeness (QED) is 0.406. The summed E-state index contributed by atoms with van der Waals surface area (Å²) in [6.07, 6.45) is 1.46. The van der Waals surface area contributed by atoms with Crippen LogP contribution in [0.4, 0.5) is 5.69 Å². The summed E-state index contributed by atoms with van der Waals surface area (Å²) >= 11 is 12.1. The van der Waals surface area contributed by atoms with Crippen molar-refractivity contribution in [3.63, 3.8) is 0 Å². The van der Waals surface area contributed by atoms with Gasteiger partial charge >= 0.3 is 0 Å². The zero-order valence-corrected chi connectivity index (χ0v) is 21.8. The molecule has 0 atom stereocenters. The normalized spacial score (nSPS) is 14.3. The van der Waals surface area contributed by atoms with Gasteiger partial charge in [0.25, 0.3) is 15.9 Å². The van der Waals surface area contributed by atoms with Crippen LogP contribution < -0.4 is 9.73 Å². The number of halogens is 2. The summed E-state index contributed by atoms with van der Waals surface area (Å²) in [4.78, 5) is 15.2. The number of hydrazone groups is 1. The van der Waals surface area contributed by atoms with Crippen LogP contribution in [-0.4, -0.2) is 44.6 Å². The Hall–Kier alpha value is -2.91. The van der Waals surface area contributed by atoms with E-state index in [0.717, 1.165) is 42.5 Å². The smallest absolute Gasteiger partial charge is 0.264 e. The summed E-state index contributed by atoms with van der Waals surface area (Å²) in [5.74, 6) is -0.556. The van der Waals surface area contributed by atoms with Crippen LogP contribution in [0.2, 0.25) is 10.0 Å². The average molecular weight is 545 g/mol. The van der Waals surface area contributed by atoms with Gasteiger partial charge in [0.1, 0.15) is 6.54 Å². The predicted octanol–water partition coefficient (Wildman–Crippen LogP) is 4.96. The van der Waals surface area contributed by atoms with Gasteiger partial charge in [0.05, 0.1) is 20.6 Å². The number of rotatable bonds is 8. The van der Waals surface area contributed by atoms with Gasteiger partial charge in [-0.15, -0.1) is 0 Å². The maximum atomic E-state index is 13.4. The molecule has 1 heterocycles. The average Bonchev–Trinajstić information content (AvgIpc) is 2.89. The third kappa shape index (κ3) is 6.64. The molecule has 36 heavy (non-hydrogen) atoms. The fourth-order valence-electron chi connectivity index (χ4n) is 3.90. The van der Waals surface area contributed by atoms with Crippen LogP contribution in [0.3, 0.4) is 0 Å². The van der Waals surface area contributed by atoms with Crippen LogP contribution in [0.15, 0.2) is 88.9 Å². The van der Waals surface area contributed by atoms with Crippen molar-refractivity contribution in [3.05, 3.63) is 94.5 Å². The van der Waals surface area contributed by atoms with Crippen molar-refractivity contribution in [2.75, 3.05) is 23.9 Å². The van der Waals surface area contributed by atoms with Crippen molar-refractivity contribution in [3.8, 4) is 0 Å². The molecule has 1 amide bonds. The lowest BCUT2D eigenvalue weighted by Crippen LogP contribution is -2.40. The Balaban J connectivity index is 1.43. The van der Waals surface area contributed by atoms with Crippen LogP contribution >= 0.6 is 23.2 Å². The zero-order chi connectivity index (χ0) is 25.5. The molecule has 3 aromatic carbocycles. The number of sulfonamides is 1. The summed E-state index contributed by atoms with van der Waals surface area (Å²) in [6.45, 7) is 2.07. The largest absolute Gasteiger partial charge is 0.298 e. The Bertz CT molecular complexity index is 1330. The molecule has 3 aromatic rings. The van der Waals surface area contributed by atoms with Gasteiger partial charge in [-0.1, -0.05) is 71.7 Å². The Kier molecular flexibility index (Phi) is 8.64. The molecule has 0 radical (unpaired) electrons. The highest BCUT2D eigenvalue weighted by atomic mass is 35.5. The predicted molar refractivity (Wildman–Crippen MR) is 144 cm³/mol. The molecule has 0 aromatic heterocycles. The van der Waals surface area contributed by atoms with Gasteiger partial charge in [-0.3, -0.25) is 14.0 Å². The minimum Gasteiger partial charge on any atom is -0.298 e. The highest BCUT2D eigenvalue weighted by Gasteiger charge is 2.27. The molecule has 0 saturated carbocycles. The van der Waals surface area contributed by atoms with E-state index in [9.17, 15) is 13.2 Å². The number of benzene rings is 3. The fraction of sp³-hybridized carbons (Fsp3) is 0.231. The van der Waals surface area contributed by atoms with Crippen LogP contribution in [0.1, 0.15) is 18.4 Å².